The van der Waals surface area contributed by atoms with Gasteiger partial charge < -0.3 is 20.5 Å². The van der Waals surface area contributed by atoms with Gasteiger partial charge in [0.15, 0.2) is 5.82 Å². The molecular weight excluding hydrogens is 406 g/mol. The molecule has 1 aliphatic heterocycles. The Morgan fingerprint density at radius 2 is 2.09 bits per heavy atom. The van der Waals surface area contributed by atoms with Crippen molar-refractivity contribution in [3.63, 3.8) is 0 Å². The van der Waals surface area contributed by atoms with E-state index in [9.17, 15) is 5.11 Å². The van der Waals surface area contributed by atoms with Crippen LogP contribution in [0, 0.1) is 6.92 Å². The minimum absolute atomic E-state index is 0.0493. The van der Waals surface area contributed by atoms with Crippen LogP contribution in [-0.4, -0.2) is 49.0 Å². The molecule has 0 saturated carbocycles. The summed E-state index contributed by atoms with van der Waals surface area (Å²) in [4.78, 5) is 9.28. The van der Waals surface area contributed by atoms with Gasteiger partial charge in [0.25, 0.3) is 0 Å². The molecule has 3 N–H and O–H groups in total. The molecule has 1 fully saturated rings. The molecule has 0 spiro atoms. The van der Waals surface area contributed by atoms with Gasteiger partial charge in [-0.3, -0.25) is 4.57 Å². The predicted octanol–water partition coefficient (Wildman–Crippen LogP) is 3.06. The predicted molar refractivity (Wildman–Crippen MR) is 121 cm³/mol. The Hall–Kier alpha value is -3.56. The van der Waals surface area contributed by atoms with Gasteiger partial charge in [0.2, 0.25) is 5.88 Å². The molecule has 4 heterocycles. The Labute approximate surface area is 185 Å². The Morgan fingerprint density at radius 3 is 2.84 bits per heavy atom. The monoisotopic (exact) mass is 431 g/mol. The highest BCUT2D eigenvalue weighted by atomic mass is 16.5. The number of aliphatic hydroxyl groups is 1. The van der Waals surface area contributed by atoms with Crippen LogP contribution in [0.4, 0.5) is 11.5 Å². The summed E-state index contributed by atoms with van der Waals surface area (Å²) in [5.41, 5.74) is 4.15. The van der Waals surface area contributed by atoms with E-state index in [1.165, 1.54) is 0 Å². The van der Waals surface area contributed by atoms with Crippen LogP contribution in [0.5, 0.6) is 5.88 Å². The number of fused-ring (bicyclic) bond motifs is 1. The molecule has 4 aromatic rings. The molecule has 1 unspecified atom stereocenters. The van der Waals surface area contributed by atoms with Crippen molar-refractivity contribution in [2.24, 2.45) is 0 Å². The molecular formula is C23H25N7O2. The average molecular weight is 432 g/mol. The van der Waals surface area contributed by atoms with Crippen LogP contribution in [0.2, 0.25) is 0 Å². The highest BCUT2D eigenvalue weighted by Crippen LogP contribution is 2.28. The van der Waals surface area contributed by atoms with E-state index in [2.05, 4.69) is 25.8 Å². The average Bonchev–Trinajstić information content (AvgIpc) is 3.45. The Morgan fingerprint density at radius 1 is 1.19 bits per heavy atom. The number of nitrogens with zero attached hydrogens (tertiary/aromatic N) is 5. The summed E-state index contributed by atoms with van der Waals surface area (Å²) in [6.07, 6.45) is 2.04. The van der Waals surface area contributed by atoms with Crippen molar-refractivity contribution < 1.29 is 9.84 Å². The zero-order valence-corrected chi connectivity index (χ0v) is 18.0. The number of rotatable bonds is 6. The number of ether oxygens (including phenoxy) is 1. The summed E-state index contributed by atoms with van der Waals surface area (Å²) < 4.78 is 8.04. The molecule has 1 aromatic carbocycles. The fraction of sp³-hybridized carbons (Fsp3) is 0.304. The SMILES string of the molecule is Cc1ccc(Nc2ccc3c(c2)ncn3-c2ccc(C(C)O)c(O[C@H]3CCNC3)n2)nn1. The molecule has 32 heavy (non-hydrogen) atoms. The van der Waals surface area contributed by atoms with E-state index >= 15 is 0 Å². The molecule has 164 valence electrons. The lowest BCUT2D eigenvalue weighted by Crippen LogP contribution is -2.21. The number of anilines is 2. The molecule has 0 amide bonds. The third kappa shape index (κ3) is 4.12. The van der Waals surface area contributed by atoms with Crippen molar-refractivity contribution in [2.45, 2.75) is 32.5 Å². The first-order chi connectivity index (χ1) is 15.6. The molecule has 9 heteroatoms. The summed E-state index contributed by atoms with van der Waals surface area (Å²) in [6.45, 7) is 5.32. The Bertz CT molecular complexity index is 1230. The van der Waals surface area contributed by atoms with E-state index in [1.54, 1.807) is 13.3 Å². The highest BCUT2D eigenvalue weighted by Gasteiger charge is 2.21. The van der Waals surface area contributed by atoms with Crippen LogP contribution in [0.25, 0.3) is 16.9 Å². The van der Waals surface area contributed by atoms with E-state index in [1.807, 2.05) is 54.0 Å². The van der Waals surface area contributed by atoms with Crippen molar-refractivity contribution in [3.05, 3.63) is 60.0 Å². The molecule has 3 aromatic heterocycles. The number of hydrogen-bond donors (Lipinski definition) is 3. The minimum atomic E-state index is -0.668. The molecule has 0 radical (unpaired) electrons. The number of benzene rings is 1. The van der Waals surface area contributed by atoms with Crippen molar-refractivity contribution >= 4 is 22.5 Å². The van der Waals surface area contributed by atoms with Gasteiger partial charge in [-0.05, 0) is 69.3 Å². The first kappa shape index (κ1) is 20.3. The second kappa shape index (κ2) is 8.52. The zero-order valence-electron chi connectivity index (χ0n) is 18.0. The van der Waals surface area contributed by atoms with Gasteiger partial charge in [-0.25, -0.2) is 4.98 Å². The lowest BCUT2D eigenvalue weighted by Gasteiger charge is -2.17. The number of pyridine rings is 1. The number of nitrogens with one attached hydrogen (secondary N) is 2. The van der Waals surface area contributed by atoms with Gasteiger partial charge in [0, 0.05) is 17.8 Å². The first-order valence-electron chi connectivity index (χ1n) is 10.7. The van der Waals surface area contributed by atoms with Crippen LogP contribution in [0.1, 0.15) is 30.7 Å². The first-order valence-corrected chi connectivity index (χ1v) is 10.7. The van der Waals surface area contributed by atoms with E-state index in [4.69, 9.17) is 9.72 Å². The summed E-state index contributed by atoms with van der Waals surface area (Å²) in [5.74, 6) is 1.82. The molecule has 1 saturated heterocycles. The maximum atomic E-state index is 10.2. The maximum absolute atomic E-state index is 10.2. The van der Waals surface area contributed by atoms with E-state index < -0.39 is 6.10 Å². The maximum Gasteiger partial charge on any atom is 0.221 e. The molecule has 2 atom stereocenters. The van der Waals surface area contributed by atoms with E-state index in [0.29, 0.717) is 23.1 Å². The standard InChI is InChI=1S/C23H25N7O2/c1-14-3-7-21(29-28-14)26-16-4-6-20-19(11-16)25-13-30(20)22-8-5-18(15(2)31)23(27-22)32-17-9-10-24-12-17/h3-8,11,13,15,17,24,31H,9-10,12H2,1-2H3,(H,26,29)/t15?,17-/m0/s1. The number of aromatic nitrogens is 5. The molecule has 1 aliphatic rings. The molecule has 5 rings (SSSR count). The number of hydrogen-bond acceptors (Lipinski definition) is 8. The summed E-state index contributed by atoms with van der Waals surface area (Å²) >= 11 is 0. The second-order valence-corrected chi connectivity index (χ2v) is 7.98. The Balaban J connectivity index is 1.45. The van der Waals surface area contributed by atoms with Crippen molar-refractivity contribution in [1.82, 2.24) is 30.0 Å². The Kier molecular flexibility index (Phi) is 5.42. The quantitative estimate of drug-likeness (QED) is 0.427. The smallest absolute Gasteiger partial charge is 0.221 e. The highest BCUT2D eigenvalue weighted by molar-refractivity contribution is 5.81. The fourth-order valence-corrected chi connectivity index (χ4v) is 3.76. The lowest BCUT2D eigenvalue weighted by molar-refractivity contribution is 0.173. The molecule has 0 aliphatic carbocycles. The van der Waals surface area contributed by atoms with Crippen LogP contribution in [0.15, 0.2) is 48.8 Å². The van der Waals surface area contributed by atoms with Crippen LogP contribution in [0.3, 0.4) is 0 Å². The van der Waals surface area contributed by atoms with Crippen molar-refractivity contribution in [1.29, 1.82) is 0 Å². The summed E-state index contributed by atoms with van der Waals surface area (Å²) in [5, 5.41) is 24.9. The van der Waals surface area contributed by atoms with Gasteiger partial charge in [0.05, 0.1) is 22.8 Å². The second-order valence-electron chi connectivity index (χ2n) is 7.98. The van der Waals surface area contributed by atoms with Gasteiger partial charge in [-0.1, -0.05) is 0 Å². The largest absolute Gasteiger partial charge is 0.473 e. The van der Waals surface area contributed by atoms with Crippen molar-refractivity contribution in [3.8, 4) is 11.7 Å². The number of imidazole rings is 1. The van der Waals surface area contributed by atoms with Crippen LogP contribution in [-0.2, 0) is 0 Å². The van der Waals surface area contributed by atoms with Crippen LogP contribution >= 0.6 is 0 Å². The van der Waals surface area contributed by atoms with Gasteiger partial charge in [-0.2, -0.15) is 10.1 Å². The summed E-state index contributed by atoms with van der Waals surface area (Å²) in [7, 11) is 0. The van der Waals surface area contributed by atoms with Gasteiger partial charge in [0.1, 0.15) is 18.2 Å². The number of aliphatic hydroxyl groups excluding tert-OH is 1. The van der Waals surface area contributed by atoms with Crippen molar-refractivity contribution in [2.75, 3.05) is 18.4 Å². The third-order valence-corrected chi connectivity index (χ3v) is 5.48. The fourth-order valence-electron chi connectivity index (χ4n) is 3.76. The molecule has 0 bridgehead atoms. The van der Waals surface area contributed by atoms with E-state index in [-0.39, 0.29) is 6.10 Å². The van der Waals surface area contributed by atoms with Gasteiger partial charge in [-0.15, -0.1) is 5.10 Å². The molecule has 9 nitrogen and oxygen atoms in total. The zero-order chi connectivity index (χ0) is 22.1. The lowest BCUT2D eigenvalue weighted by atomic mass is 10.1. The normalized spacial score (nSPS) is 16.9. The van der Waals surface area contributed by atoms with Gasteiger partial charge >= 0.3 is 0 Å². The van der Waals surface area contributed by atoms with E-state index in [0.717, 1.165) is 41.9 Å². The topological polar surface area (TPSA) is 110 Å². The number of aryl methyl sites for hydroxylation is 1. The summed E-state index contributed by atoms with van der Waals surface area (Å²) in [6, 6.07) is 13.4. The van der Waals surface area contributed by atoms with Crippen LogP contribution < -0.4 is 15.4 Å². The minimum Gasteiger partial charge on any atom is -0.473 e. The third-order valence-electron chi connectivity index (χ3n) is 5.48.